The fraction of sp³-hybridized carbons (Fsp3) is 0. The van der Waals surface area contributed by atoms with Crippen LogP contribution < -0.4 is 16.9 Å². The summed E-state index contributed by atoms with van der Waals surface area (Å²) in [6, 6.07) is -0.812. The maximum atomic E-state index is 6.40. The van der Waals surface area contributed by atoms with Gasteiger partial charge in [-0.15, -0.1) is 0 Å². The fourth-order valence-corrected chi connectivity index (χ4v) is 0.127. The molecule has 40 valence electrons. The van der Waals surface area contributed by atoms with Crippen LogP contribution in [0.15, 0.2) is 0 Å². The SMILES string of the molecule is N=C(N)OC(N)=[NH2+]. The van der Waals surface area contributed by atoms with Crippen LogP contribution in [-0.2, 0) is 4.74 Å². The maximum Gasteiger partial charge on any atom is 0.445 e. The van der Waals surface area contributed by atoms with Crippen molar-refractivity contribution in [1.29, 1.82) is 5.41 Å². The minimum Gasteiger partial charge on any atom is -0.358 e. The zero-order valence-corrected chi connectivity index (χ0v) is 3.64. The van der Waals surface area contributed by atoms with Gasteiger partial charge in [-0.2, -0.15) is 0 Å². The molecule has 0 bridgehead atoms. The standard InChI is InChI=1S/C2H6N4O/c3-1(4)7-2(5)6/h(H3,3,4)(H3,5,6)/p+1. The van der Waals surface area contributed by atoms with Crippen LogP contribution in [0.3, 0.4) is 0 Å². The summed E-state index contributed by atoms with van der Waals surface area (Å²) in [5.74, 6) is 0. The van der Waals surface area contributed by atoms with Gasteiger partial charge in [0.15, 0.2) is 0 Å². The Morgan fingerprint density at radius 2 is 2.00 bits per heavy atom. The third-order valence-electron chi connectivity index (χ3n) is 0.228. The number of ether oxygens (including phenoxy) is 1. The largest absolute Gasteiger partial charge is 0.445 e. The van der Waals surface area contributed by atoms with E-state index >= 15 is 0 Å². The van der Waals surface area contributed by atoms with E-state index in [4.69, 9.17) is 16.6 Å². The molecule has 0 saturated carbocycles. The second-order valence-electron chi connectivity index (χ2n) is 0.869. The summed E-state index contributed by atoms with van der Waals surface area (Å²) in [5.41, 5.74) is 9.42. The molecule has 0 heterocycles. The minimum atomic E-state index is -0.500. The molecule has 0 unspecified atom stereocenters. The molecule has 0 aliphatic carbocycles. The van der Waals surface area contributed by atoms with E-state index in [0.29, 0.717) is 0 Å². The van der Waals surface area contributed by atoms with Gasteiger partial charge in [0.25, 0.3) is 6.02 Å². The van der Waals surface area contributed by atoms with E-state index in [2.05, 4.69) is 10.5 Å². The average molecular weight is 103 g/mol. The molecule has 7 heavy (non-hydrogen) atoms. The fourth-order valence-electron chi connectivity index (χ4n) is 0.127. The van der Waals surface area contributed by atoms with E-state index in [-0.39, 0.29) is 6.02 Å². The molecule has 0 aromatic rings. The second kappa shape index (κ2) is 2.01. The Balaban J connectivity index is 3.32. The Bertz CT molecular complexity index is 85.9. The van der Waals surface area contributed by atoms with Crippen LogP contribution in [0.5, 0.6) is 0 Å². The van der Waals surface area contributed by atoms with Crippen LogP contribution in [0, 0.1) is 5.41 Å². The van der Waals surface area contributed by atoms with Crippen molar-refractivity contribution in [3.63, 3.8) is 0 Å². The Hall–Kier alpha value is -1.26. The quantitative estimate of drug-likeness (QED) is 0.193. The van der Waals surface area contributed by atoms with Crippen molar-refractivity contribution in [2.45, 2.75) is 0 Å². The predicted molar refractivity (Wildman–Crippen MR) is 24.1 cm³/mol. The molecule has 0 aliphatic heterocycles. The van der Waals surface area contributed by atoms with E-state index < -0.39 is 6.02 Å². The number of rotatable bonds is 0. The lowest BCUT2D eigenvalue weighted by Crippen LogP contribution is -2.49. The summed E-state index contributed by atoms with van der Waals surface area (Å²) in [4.78, 5) is 0. The van der Waals surface area contributed by atoms with E-state index in [9.17, 15) is 0 Å². The third-order valence-corrected chi connectivity index (χ3v) is 0.228. The molecule has 0 radical (unpaired) electrons. The Morgan fingerprint density at radius 3 is 2.00 bits per heavy atom. The van der Waals surface area contributed by atoms with Gasteiger partial charge in [-0.1, -0.05) is 0 Å². The van der Waals surface area contributed by atoms with E-state index in [1.165, 1.54) is 0 Å². The number of hydrogen-bond acceptors (Lipinski definition) is 2. The molecule has 0 aromatic carbocycles. The first-order valence-corrected chi connectivity index (χ1v) is 1.52. The summed E-state index contributed by atoms with van der Waals surface area (Å²) >= 11 is 0. The predicted octanol–water partition coefficient (Wildman–Crippen LogP) is -3.03. The van der Waals surface area contributed by atoms with Crippen molar-refractivity contribution >= 4 is 12.0 Å². The summed E-state index contributed by atoms with van der Waals surface area (Å²) in [5, 5.41) is 11.1. The molecule has 0 fully saturated rings. The second-order valence-corrected chi connectivity index (χ2v) is 0.869. The van der Waals surface area contributed by atoms with Gasteiger partial charge in [-0.05, 0) is 0 Å². The highest BCUT2D eigenvalue weighted by molar-refractivity contribution is 5.82. The molecule has 5 heteroatoms. The van der Waals surface area contributed by atoms with Crippen molar-refractivity contribution in [3.8, 4) is 0 Å². The number of nitrogens with one attached hydrogen (secondary N) is 1. The highest BCUT2D eigenvalue weighted by Crippen LogP contribution is 1.58. The van der Waals surface area contributed by atoms with Gasteiger partial charge in [-0.25, -0.2) is 0 Å². The van der Waals surface area contributed by atoms with Crippen LogP contribution in [-0.4, -0.2) is 12.0 Å². The molecule has 0 atom stereocenters. The lowest BCUT2D eigenvalue weighted by atomic mass is 11.1. The minimum absolute atomic E-state index is 0.312. The summed E-state index contributed by atoms with van der Waals surface area (Å²) in [6.45, 7) is 0. The molecule has 0 saturated heterocycles. The van der Waals surface area contributed by atoms with Crippen LogP contribution in [0.4, 0.5) is 0 Å². The van der Waals surface area contributed by atoms with Crippen LogP contribution in [0.1, 0.15) is 0 Å². The Kier molecular flexibility index (Phi) is 1.65. The third kappa shape index (κ3) is 4.74. The molecular formula is C2H7N4O+. The lowest BCUT2D eigenvalue weighted by Gasteiger charge is -1.89. The smallest absolute Gasteiger partial charge is 0.358 e. The molecule has 0 amide bonds. The highest BCUT2D eigenvalue weighted by atomic mass is 16.5. The topological polar surface area (TPSA) is 111 Å². The molecule has 5 nitrogen and oxygen atoms in total. The Morgan fingerprint density at radius 1 is 1.57 bits per heavy atom. The van der Waals surface area contributed by atoms with Crippen LogP contribution >= 0.6 is 0 Å². The molecule has 0 rings (SSSR count). The summed E-state index contributed by atoms with van der Waals surface area (Å²) < 4.78 is 4.08. The highest BCUT2D eigenvalue weighted by Gasteiger charge is 1.93. The Labute approximate surface area is 40.3 Å². The van der Waals surface area contributed by atoms with Gasteiger partial charge in [0.2, 0.25) is 0 Å². The van der Waals surface area contributed by atoms with E-state index in [1.807, 2.05) is 0 Å². The summed E-state index contributed by atoms with van der Waals surface area (Å²) in [6.07, 6.45) is 0. The van der Waals surface area contributed by atoms with Crippen molar-refractivity contribution in [3.05, 3.63) is 0 Å². The van der Waals surface area contributed by atoms with Crippen molar-refractivity contribution in [1.82, 2.24) is 0 Å². The van der Waals surface area contributed by atoms with E-state index in [1.54, 1.807) is 0 Å². The number of hydrogen-bond donors (Lipinski definition) is 4. The number of nitrogens with two attached hydrogens (primary N) is 3. The van der Waals surface area contributed by atoms with Crippen molar-refractivity contribution in [2.75, 3.05) is 0 Å². The lowest BCUT2D eigenvalue weighted by molar-refractivity contribution is -0.134. The van der Waals surface area contributed by atoms with Gasteiger partial charge >= 0.3 is 6.02 Å². The average Bonchev–Trinajstić information content (AvgIpc) is 1.27. The van der Waals surface area contributed by atoms with Crippen molar-refractivity contribution < 1.29 is 10.1 Å². The number of amidine groups is 2. The van der Waals surface area contributed by atoms with Gasteiger partial charge in [0.1, 0.15) is 0 Å². The van der Waals surface area contributed by atoms with Crippen LogP contribution in [0.2, 0.25) is 0 Å². The summed E-state index contributed by atoms with van der Waals surface area (Å²) in [7, 11) is 0. The normalized spacial score (nSPS) is 7.43. The molecule has 0 aliphatic rings. The van der Waals surface area contributed by atoms with Gasteiger partial charge in [-0.3, -0.25) is 16.6 Å². The zero-order chi connectivity index (χ0) is 5.86. The first-order valence-electron chi connectivity index (χ1n) is 1.52. The first-order chi connectivity index (χ1) is 3.13. The van der Waals surface area contributed by atoms with Gasteiger partial charge < -0.3 is 10.5 Å². The zero-order valence-electron chi connectivity index (χ0n) is 3.64. The van der Waals surface area contributed by atoms with Crippen molar-refractivity contribution in [2.24, 2.45) is 11.5 Å². The van der Waals surface area contributed by atoms with E-state index in [0.717, 1.165) is 0 Å². The molecular weight excluding hydrogens is 96.0 g/mol. The molecule has 0 aromatic heterocycles. The van der Waals surface area contributed by atoms with Crippen LogP contribution in [0.25, 0.3) is 0 Å². The van der Waals surface area contributed by atoms with Gasteiger partial charge in [0, 0.05) is 0 Å². The van der Waals surface area contributed by atoms with Gasteiger partial charge in [0.05, 0.1) is 0 Å². The first kappa shape index (κ1) is 5.74. The molecule has 7 N–H and O–H groups in total. The monoisotopic (exact) mass is 103 g/mol. The molecule has 0 spiro atoms. The maximum absolute atomic E-state index is 6.40.